The first-order valence-corrected chi connectivity index (χ1v) is 9.16. The zero-order valence-corrected chi connectivity index (χ0v) is 20.3. The van der Waals surface area contributed by atoms with Gasteiger partial charge in [-0.3, -0.25) is 0 Å². The van der Waals surface area contributed by atoms with Crippen molar-refractivity contribution in [3.8, 4) is 0 Å². The van der Waals surface area contributed by atoms with Crippen molar-refractivity contribution in [2.45, 2.75) is 40.2 Å². The van der Waals surface area contributed by atoms with Crippen LogP contribution in [0.25, 0.3) is 0 Å². The third kappa shape index (κ3) is 8.04. The fourth-order valence-electron chi connectivity index (χ4n) is 4.06. The minimum atomic E-state index is -0.307. The summed E-state index contributed by atoms with van der Waals surface area (Å²) >= 11 is 0. The summed E-state index contributed by atoms with van der Waals surface area (Å²) in [5.41, 5.74) is 1.06. The summed E-state index contributed by atoms with van der Waals surface area (Å²) in [6.07, 6.45) is 0.597. The van der Waals surface area contributed by atoms with Crippen LogP contribution in [0.5, 0.6) is 0 Å². The summed E-state index contributed by atoms with van der Waals surface area (Å²) in [6, 6.07) is 22.6. The molecule has 0 spiro atoms. The molecule has 1 radical (unpaired) electrons. The van der Waals surface area contributed by atoms with E-state index < -0.39 is 0 Å². The maximum atomic E-state index is 10.4. The summed E-state index contributed by atoms with van der Waals surface area (Å²) < 4.78 is 0. The van der Waals surface area contributed by atoms with Gasteiger partial charge in [0.05, 0.1) is 6.10 Å². The predicted molar refractivity (Wildman–Crippen MR) is 114 cm³/mol. The van der Waals surface area contributed by atoms with Gasteiger partial charge < -0.3 is 20.0 Å². The molecule has 1 nitrogen and oxygen atoms in total. The van der Waals surface area contributed by atoms with Crippen molar-refractivity contribution < 1.29 is 31.3 Å². The van der Waals surface area contributed by atoms with Crippen molar-refractivity contribution >= 4 is 0 Å². The van der Waals surface area contributed by atoms with Gasteiger partial charge in [0.1, 0.15) is 0 Å². The third-order valence-electron chi connectivity index (χ3n) is 6.13. The molecule has 0 heterocycles. The Bertz CT molecular complexity index is 531. The Balaban J connectivity index is 0. The van der Waals surface area contributed by atoms with E-state index in [0.717, 1.165) is 23.8 Å². The van der Waals surface area contributed by atoms with Crippen molar-refractivity contribution in [2.75, 3.05) is 0 Å². The van der Waals surface area contributed by atoms with E-state index in [1.54, 1.807) is 0 Å². The van der Waals surface area contributed by atoms with Crippen molar-refractivity contribution in [1.82, 2.24) is 0 Å². The van der Waals surface area contributed by atoms with Crippen molar-refractivity contribution in [2.24, 2.45) is 29.6 Å². The summed E-state index contributed by atoms with van der Waals surface area (Å²) in [5.74, 6) is 3.62. The number of benzene rings is 2. The van der Waals surface area contributed by atoms with Gasteiger partial charge in [-0.1, -0.05) is 58.0 Å². The van der Waals surface area contributed by atoms with E-state index in [2.05, 4.69) is 33.8 Å². The molecule has 0 amide bonds. The number of rotatable bonds is 3. The second-order valence-corrected chi connectivity index (χ2v) is 7.34. The molecule has 6 atom stereocenters. The van der Waals surface area contributed by atoms with E-state index in [0.29, 0.717) is 17.8 Å². The van der Waals surface area contributed by atoms with E-state index in [1.165, 1.54) is 0 Å². The quantitative estimate of drug-likeness (QED) is 0.524. The number of aliphatic hydroxyl groups excluding tert-OH is 1. The molecule has 1 N–H and O–H groups in total. The molecule has 1 aliphatic rings. The first-order chi connectivity index (χ1) is 11.5. The smallest absolute Gasteiger partial charge is 0.388 e. The largest absolute Gasteiger partial charge is 3.00 e. The minimum Gasteiger partial charge on any atom is -0.388 e. The van der Waals surface area contributed by atoms with Crippen molar-refractivity contribution in [3.63, 3.8) is 0 Å². The van der Waals surface area contributed by atoms with Crippen LogP contribution < -0.4 is 0 Å². The molecule has 0 aromatic heterocycles. The maximum Gasteiger partial charge on any atom is 3.00 e. The van der Waals surface area contributed by atoms with Crippen LogP contribution in [-0.4, -0.2) is 5.11 Å². The summed E-state index contributed by atoms with van der Waals surface area (Å²) in [4.78, 5) is 0. The van der Waals surface area contributed by atoms with Crippen LogP contribution in [0, 0.1) is 50.5 Å². The average Bonchev–Trinajstić information content (AvgIpc) is 2.82. The molecule has 0 aliphatic heterocycles. The average molecular weight is 445 g/mol. The molecule has 1 fully saturated rings. The predicted octanol–water partition coefficient (Wildman–Crippen LogP) is 6.67. The van der Waals surface area contributed by atoms with E-state index in [-0.39, 0.29) is 47.2 Å². The zero-order chi connectivity index (χ0) is 17.5. The number of hydrogen-bond donors (Lipinski definition) is 1. The van der Waals surface area contributed by atoms with Crippen LogP contribution >= 0.6 is 0 Å². The van der Waals surface area contributed by atoms with E-state index in [9.17, 15) is 5.11 Å². The first-order valence-electron chi connectivity index (χ1n) is 9.16. The van der Waals surface area contributed by atoms with Gasteiger partial charge in [-0.25, -0.2) is 0 Å². The second-order valence-electron chi connectivity index (χ2n) is 7.34. The Morgan fingerprint density at radius 1 is 0.778 bits per heavy atom. The Morgan fingerprint density at radius 3 is 1.59 bits per heavy atom. The molecular formula is C25H37OZr. The van der Waals surface area contributed by atoms with Gasteiger partial charge in [0.25, 0.3) is 0 Å². The van der Waals surface area contributed by atoms with Crippen LogP contribution in [0.2, 0.25) is 0 Å². The molecule has 1 saturated carbocycles. The van der Waals surface area contributed by atoms with Crippen molar-refractivity contribution in [1.29, 1.82) is 0 Å². The van der Waals surface area contributed by atoms with Crippen molar-refractivity contribution in [3.05, 3.63) is 87.1 Å². The standard InChI is InChI=1S/C17H26O.C6H5.2CH3.Zr/c1-11-12(2)14(4)16(13(11)3)10-17(18)15-8-6-5-7-9-15;1-2-4-6-5-3-1;;;/h5-9,11-14,16-18H,10H2,1-4H3;1-5H;2*1H3;/q;3*-1;+3/t11?,12?,13-,14?,16?,17?;;;;/m0..../s1. The molecule has 3 rings (SSSR count). The zero-order valence-electron chi connectivity index (χ0n) is 17.9. The monoisotopic (exact) mass is 443 g/mol. The third-order valence-corrected chi connectivity index (χ3v) is 6.13. The van der Waals surface area contributed by atoms with E-state index in [4.69, 9.17) is 0 Å². The Kier molecular flexibility index (Phi) is 15.1. The fraction of sp³-hybridized carbons (Fsp3) is 0.440. The molecule has 0 saturated heterocycles. The van der Waals surface area contributed by atoms with Gasteiger partial charge in [0.2, 0.25) is 0 Å². The molecule has 2 aromatic rings. The van der Waals surface area contributed by atoms with Crippen LogP contribution in [0.4, 0.5) is 0 Å². The minimum absolute atomic E-state index is 0. The summed E-state index contributed by atoms with van der Waals surface area (Å²) in [6.45, 7) is 9.43. The van der Waals surface area contributed by atoms with Gasteiger partial charge >= 0.3 is 26.2 Å². The van der Waals surface area contributed by atoms with Gasteiger partial charge in [0.15, 0.2) is 0 Å². The Labute approximate surface area is 187 Å². The molecule has 0 bridgehead atoms. The molecule has 2 aromatic carbocycles. The maximum absolute atomic E-state index is 10.4. The van der Waals surface area contributed by atoms with E-state index >= 15 is 0 Å². The molecular weight excluding hydrogens is 407 g/mol. The first kappa shape index (κ1) is 28.5. The van der Waals surface area contributed by atoms with Gasteiger partial charge in [0, 0.05) is 0 Å². The number of aliphatic hydroxyl groups is 1. The molecule has 27 heavy (non-hydrogen) atoms. The van der Waals surface area contributed by atoms with Gasteiger partial charge in [-0.15, -0.1) is 0 Å². The summed E-state index contributed by atoms with van der Waals surface area (Å²) in [5, 5.41) is 10.4. The van der Waals surface area contributed by atoms with E-state index in [1.807, 2.05) is 60.7 Å². The van der Waals surface area contributed by atoms with Gasteiger partial charge in [-0.05, 0) is 41.6 Å². The Hall–Kier alpha value is -0.717. The van der Waals surface area contributed by atoms with Crippen LogP contribution in [0.15, 0.2) is 60.7 Å². The Morgan fingerprint density at radius 2 is 1.22 bits per heavy atom. The molecule has 5 unspecified atom stereocenters. The van der Waals surface area contributed by atoms with Crippen LogP contribution in [-0.2, 0) is 26.2 Å². The molecule has 1 aliphatic carbocycles. The number of hydrogen-bond acceptors (Lipinski definition) is 1. The fourth-order valence-corrected chi connectivity index (χ4v) is 4.06. The topological polar surface area (TPSA) is 20.2 Å². The molecule has 147 valence electrons. The SMILES string of the molecule is CC1C(C)C(CC(O)c2ccccc2)[C@@H](C)C1C.[CH3-].[CH3-].[Zr+3].[c-]1ccccc1. The van der Waals surface area contributed by atoms with Crippen LogP contribution in [0.1, 0.15) is 45.8 Å². The van der Waals surface area contributed by atoms with Crippen LogP contribution in [0.3, 0.4) is 0 Å². The second kappa shape index (κ2) is 14.3. The van der Waals surface area contributed by atoms with Gasteiger partial charge in [-0.2, -0.15) is 36.4 Å². The normalized spacial score (nSPS) is 26.9. The molecule has 2 heteroatoms. The summed E-state index contributed by atoms with van der Waals surface area (Å²) in [7, 11) is 0.